The van der Waals surface area contributed by atoms with Crippen LogP contribution in [-0.2, 0) is 23.9 Å². The quantitative estimate of drug-likeness (QED) is 0.548. The molecule has 1 aromatic carbocycles. The number of benzene rings is 1. The smallest absolute Gasteiger partial charge is 0.326 e. The molecule has 9 heteroatoms. The highest BCUT2D eigenvalue weighted by Gasteiger charge is 2.41. The maximum Gasteiger partial charge on any atom is 0.326 e. The molecule has 0 N–H and O–H groups in total. The predicted molar refractivity (Wildman–Crippen MR) is 113 cm³/mol. The van der Waals surface area contributed by atoms with Gasteiger partial charge in [-0.3, -0.25) is 19.3 Å². The van der Waals surface area contributed by atoms with Crippen molar-refractivity contribution in [3.63, 3.8) is 0 Å². The molecule has 0 radical (unpaired) electrons. The van der Waals surface area contributed by atoms with E-state index in [2.05, 4.69) is 0 Å². The van der Waals surface area contributed by atoms with E-state index in [1.165, 1.54) is 31.1 Å². The molecule has 0 aromatic heterocycles. The van der Waals surface area contributed by atoms with Gasteiger partial charge >= 0.3 is 5.97 Å². The van der Waals surface area contributed by atoms with E-state index in [4.69, 9.17) is 18.9 Å². The van der Waals surface area contributed by atoms with Gasteiger partial charge in [-0.05, 0) is 31.0 Å². The minimum atomic E-state index is -0.777. The first-order valence-corrected chi connectivity index (χ1v) is 10.00. The third-order valence-electron chi connectivity index (χ3n) is 4.83. The average molecular weight is 434 g/mol. The van der Waals surface area contributed by atoms with Crippen molar-refractivity contribution in [3.05, 3.63) is 30.0 Å². The molecular formula is C22H30N2O7. The lowest BCUT2D eigenvalue weighted by atomic mass is 9.97. The second-order valence-corrected chi connectivity index (χ2v) is 7.24. The molecule has 31 heavy (non-hydrogen) atoms. The number of esters is 1. The molecule has 1 aromatic rings. The highest BCUT2D eigenvalue weighted by atomic mass is 16.5. The van der Waals surface area contributed by atoms with Crippen LogP contribution in [0.15, 0.2) is 24.4 Å². The summed E-state index contributed by atoms with van der Waals surface area (Å²) in [6.45, 7) is 5.12. The Bertz CT molecular complexity index is 850. The van der Waals surface area contributed by atoms with E-state index >= 15 is 0 Å². The van der Waals surface area contributed by atoms with Gasteiger partial charge in [-0.1, -0.05) is 13.8 Å². The molecule has 0 saturated carbocycles. The second-order valence-electron chi connectivity index (χ2n) is 7.24. The standard InChI is InChI=1S/C22H30N2O7/c1-7-31-20(26)12-23-16(15-8-9-17(29-5)18(10-15)30-6)11-24(19(25)13-28-4)21(14(2)3)22(23)27/h8-11,14,21H,7,12-13H2,1-6H3. The Hall–Kier alpha value is -3.07. The maximum absolute atomic E-state index is 13.5. The maximum atomic E-state index is 13.5. The Morgan fingerprint density at radius 1 is 1.10 bits per heavy atom. The monoisotopic (exact) mass is 434 g/mol. The summed E-state index contributed by atoms with van der Waals surface area (Å²) < 4.78 is 20.7. The summed E-state index contributed by atoms with van der Waals surface area (Å²) in [5.74, 6) is -0.505. The molecule has 0 spiro atoms. The van der Waals surface area contributed by atoms with Gasteiger partial charge in [-0.2, -0.15) is 0 Å². The van der Waals surface area contributed by atoms with E-state index in [9.17, 15) is 14.4 Å². The lowest BCUT2D eigenvalue weighted by molar-refractivity contribution is -0.151. The number of hydrogen-bond acceptors (Lipinski definition) is 7. The fourth-order valence-electron chi connectivity index (χ4n) is 3.44. The van der Waals surface area contributed by atoms with Gasteiger partial charge in [-0.15, -0.1) is 0 Å². The Labute approximate surface area is 182 Å². The largest absolute Gasteiger partial charge is 0.493 e. The van der Waals surface area contributed by atoms with Crippen LogP contribution in [0.25, 0.3) is 5.70 Å². The van der Waals surface area contributed by atoms with Crippen molar-refractivity contribution in [3.8, 4) is 11.5 Å². The summed E-state index contributed by atoms with van der Waals surface area (Å²) in [6.07, 6.45) is 1.58. The Balaban J connectivity index is 2.63. The van der Waals surface area contributed by atoms with Crippen LogP contribution < -0.4 is 9.47 Å². The summed E-state index contributed by atoms with van der Waals surface area (Å²) in [4.78, 5) is 41.2. The second kappa shape index (κ2) is 10.8. The zero-order valence-electron chi connectivity index (χ0n) is 18.8. The van der Waals surface area contributed by atoms with Gasteiger partial charge in [0.2, 0.25) is 0 Å². The summed E-state index contributed by atoms with van der Waals surface area (Å²) in [6, 6.07) is 4.33. The molecule has 170 valence electrons. The fraction of sp³-hybridized carbons (Fsp3) is 0.500. The van der Waals surface area contributed by atoms with Gasteiger partial charge in [0.15, 0.2) is 11.5 Å². The summed E-state index contributed by atoms with van der Waals surface area (Å²) >= 11 is 0. The van der Waals surface area contributed by atoms with Crippen molar-refractivity contribution < 1.29 is 33.3 Å². The molecule has 0 aliphatic carbocycles. The average Bonchev–Trinajstić information content (AvgIpc) is 2.74. The van der Waals surface area contributed by atoms with E-state index < -0.39 is 12.0 Å². The zero-order chi connectivity index (χ0) is 23.1. The van der Waals surface area contributed by atoms with E-state index in [0.717, 1.165) is 0 Å². The van der Waals surface area contributed by atoms with Crippen LogP contribution >= 0.6 is 0 Å². The third kappa shape index (κ3) is 5.35. The van der Waals surface area contributed by atoms with Crippen molar-refractivity contribution in [2.75, 3.05) is 41.1 Å². The van der Waals surface area contributed by atoms with Gasteiger partial charge in [0.1, 0.15) is 19.2 Å². The molecule has 2 rings (SSSR count). The summed E-state index contributed by atoms with van der Waals surface area (Å²) in [5, 5.41) is 0. The van der Waals surface area contributed by atoms with Crippen LogP contribution in [0, 0.1) is 5.92 Å². The van der Waals surface area contributed by atoms with E-state index in [0.29, 0.717) is 22.8 Å². The number of nitrogens with zero attached hydrogens (tertiary/aromatic N) is 2. The highest BCUT2D eigenvalue weighted by molar-refractivity contribution is 5.99. The molecule has 1 aliphatic rings. The minimum absolute atomic E-state index is 0.176. The molecular weight excluding hydrogens is 404 g/mol. The van der Waals surface area contributed by atoms with Crippen molar-refractivity contribution in [2.45, 2.75) is 26.8 Å². The topological polar surface area (TPSA) is 94.6 Å². The van der Waals surface area contributed by atoms with Crippen molar-refractivity contribution in [2.24, 2.45) is 5.92 Å². The van der Waals surface area contributed by atoms with Gasteiger partial charge in [0.25, 0.3) is 11.8 Å². The Morgan fingerprint density at radius 2 is 1.77 bits per heavy atom. The zero-order valence-corrected chi connectivity index (χ0v) is 18.8. The molecule has 1 unspecified atom stereocenters. The number of hydrogen-bond donors (Lipinski definition) is 0. The van der Waals surface area contributed by atoms with Gasteiger partial charge in [0.05, 0.1) is 26.5 Å². The molecule has 0 saturated heterocycles. The molecule has 0 fully saturated rings. The SMILES string of the molecule is CCOC(=O)CN1C(=O)C(C(C)C)N(C(=O)COC)C=C1c1ccc(OC)c(OC)c1. The number of carbonyl (C=O) groups excluding carboxylic acids is 3. The first-order chi connectivity index (χ1) is 14.8. The van der Waals surface area contributed by atoms with Gasteiger partial charge < -0.3 is 23.8 Å². The van der Waals surface area contributed by atoms with Crippen molar-refractivity contribution >= 4 is 23.5 Å². The first-order valence-electron chi connectivity index (χ1n) is 10.00. The predicted octanol–water partition coefficient (Wildman–Crippen LogP) is 1.91. The lowest BCUT2D eigenvalue weighted by Crippen LogP contribution is -2.56. The molecule has 2 amide bonds. The number of carbonyl (C=O) groups is 3. The Morgan fingerprint density at radius 3 is 2.32 bits per heavy atom. The molecule has 9 nitrogen and oxygen atoms in total. The normalized spacial score (nSPS) is 16.3. The third-order valence-corrected chi connectivity index (χ3v) is 4.83. The summed E-state index contributed by atoms with van der Waals surface area (Å²) in [5.41, 5.74) is 0.952. The van der Waals surface area contributed by atoms with Crippen LogP contribution in [0.5, 0.6) is 11.5 Å². The fourth-order valence-corrected chi connectivity index (χ4v) is 3.44. The molecule has 1 aliphatic heterocycles. The van der Waals surface area contributed by atoms with E-state index in [-0.39, 0.29) is 37.5 Å². The Kier molecular flexibility index (Phi) is 8.44. The van der Waals surface area contributed by atoms with Crippen LogP contribution in [-0.4, -0.2) is 74.7 Å². The number of rotatable bonds is 9. The molecule has 0 bridgehead atoms. The first kappa shape index (κ1) is 24.2. The van der Waals surface area contributed by atoms with Crippen LogP contribution in [0.1, 0.15) is 26.3 Å². The highest BCUT2D eigenvalue weighted by Crippen LogP contribution is 2.35. The molecule has 1 heterocycles. The van der Waals surface area contributed by atoms with Crippen LogP contribution in [0.2, 0.25) is 0 Å². The number of methoxy groups -OCH3 is 3. The minimum Gasteiger partial charge on any atom is -0.493 e. The molecule has 1 atom stereocenters. The van der Waals surface area contributed by atoms with Crippen molar-refractivity contribution in [1.82, 2.24) is 9.80 Å². The van der Waals surface area contributed by atoms with E-state index in [1.54, 1.807) is 31.3 Å². The van der Waals surface area contributed by atoms with Gasteiger partial charge in [-0.25, -0.2) is 0 Å². The van der Waals surface area contributed by atoms with Crippen LogP contribution in [0.3, 0.4) is 0 Å². The van der Waals surface area contributed by atoms with Gasteiger partial charge in [0, 0.05) is 18.9 Å². The summed E-state index contributed by atoms with van der Waals surface area (Å²) in [7, 11) is 4.44. The lowest BCUT2D eigenvalue weighted by Gasteiger charge is -2.40. The number of amides is 2. The number of ether oxygens (including phenoxy) is 4. The van der Waals surface area contributed by atoms with Crippen LogP contribution in [0.4, 0.5) is 0 Å². The van der Waals surface area contributed by atoms with Crippen molar-refractivity contribution in [1.29, 1.82) is 0 Å². The van der Waals surface area contributed by atoms with E-state index in [1.807, 2.05) is 13.8 Å².